The summed E-state index contributed by atoms with van der Waals surface area (Å²) >= 11 is 0. The lowest BCUT2D eigenvalue weighted by Gasteiger charge is -2.34. The van der Waals surface area contributed by atoms with Crippen LogP contribution in [0.25, 0.3) is 0 Å². The molecule has 0 saturated carbocycles. The third kappa shape index (κ3) is 3.35. The van der Waals surface area contributed by atoms with Gasteiger partial charge in [0.1, 0.15) is 6.10 Å². The van der Waals surface area contributed by atoms with Crippen LogP contribution in [0.3, 0.4) is 0 Å². The number of hydrogen-bond donors (Lipinski definition) is 1. The number of piperidine rings is 1. The second-order valence-corrected chi connectivity index (χ2v) is 5.84. The summed E-state index contributed by atoms with van der Waals surface area (Å²) in [4.78, 5) is 10.6. The van der Waals surface area contributed by atoms with Crippen molar-refractivity contribution in [3.63, 3.8) is 0 Å². The molecule has 0 unspecified atom stereocenters. The smallest absolute Gasteiger partial charge is 0.404 e. The Bertz CT molecular complexity index is 341. The van der Waals surface area contributed by atoms with Gasteiger partial charge < -0.3 is 10.5 Å². The first-order chi connectivity index (χ1) is 6.80. The van der Waals surface area contributed by atoms with Crippen LogP contribution >= 0.6 is 0 Å². The van der Waals surface area contributed by atoms with Crippen molar-refractivity contribution >= 4 is 16.1 Å². The molecule has 1 rings (SSSR count). The largest absolute Gasteiger partial charge is 0.446 e. The van der Waals surface area contributed by atoms with E-state index in [9.17, 15) is 13.2 Å². The maximum Gasteiger partial charge on any atom is 0.404 e. The van der Waals surface area contributed by atoms with Crippen molar-refractivity contribution in [1.29, 1.82) is 0 Å². The minimum Gasteiger partial charge on any atom is -0.446 e. The van der Waals surface area contributed by atoms with Gasteiger partial charge in [0.15, 0.2) is 0 Å². The van der Waals surface area contributed by atoms with Gasteiger partial charge in [0, 0.05) is 19.0 Å². The Morgan fingerprint density at radius 2 is 2.13 bits per heavy atom. The second-order valence-electron chi connectivity index (χ2n) is 3.86. The van der Waals surface area contributed by atoms with E-state index in [0.29, 0.717) is 19.5 Å². The molecule has 2 atom stereocenters. The second kappa shape index (κ2) is 4.36. The fourth-order valence-corrected chi connectivity index (χ4v) is 2.65. The van der Waals surface area contributed by atoms with Crippen LogP contribution in [0.1, 0.15) is 13.3 Å². The first kappa shape index (κ1) is 12.3. The number of rotatable bonds is 2. The number of nitrogens with two attached hydrogens (primary N) is 1. The van der Waals surface area contributed by atoms with Crippen molar-refractivity contribution in [2.75, 3.05) is 19.3 Å². The summed E-state index contributed by atoms with van der Waals surface area (Å²) in [6, 6.07) is 0. The summed E-state index contributed by atoms with van der Waals surface area (Å²) in [7, 11) is -3.15. The number of carbonyl (C=O) groups excluding carboxylic acids is 1. The number of hydrogen-bond acceptors (Lipinski definition) is 4. The molecule has 88 valence electrons. The highest BCUT2D eigenvalue weighted by molar-refractivity contribution is 7.88. The molecule has 2 N–H and O–H groups in total. The fraction of sp³-hybridized carbons (Fsp3) is 0.875. The Hall–Kier alpha value is -0.820. The molecule has 1 fully saturated rings. The highest BCUT2D eigenvalue weighted by atomic mass is 32.2. The zero-order valence-electron chi connectivity index (χ0n) is 8.84. The molecule has 6 nitrogen and oxygen atoms in total. The molecule has 1 heterocycles. The van der Waals surface area contributed by atoms with Crippen molar-refractivity contribution in [2.24, 2.45) is 11.7 Å². The van der Waals surface area contributed by atoms with Crippen molar-refractivity contribution in [2.45, 2.75) is 19.4 Å². The Morgan fingerprint density at radius 1 is 1.53 bits per heavy atom. The highest BCUT2D eigenvalue weighted by Crippen LogP contribution is 2.21. The summed E-state index contributed by atoms with van der Waals surface area (Å²) in [5.41, 5.74) is 4.91. The van der Waals surface area contributed by atoms with Gasteiger partial charge in [0.2, 0.25) is 10.0 Å². The number of amides is 1. The van der Waals surface area contributed by atoms with Crippen molar-refractivity contribution in [3.05, 3.63) is 0 Å². The summed E-state index contributed by atoms with van der Waals surface area (Å²) in [6.45, 7) is 2.59. The SMILES string of the molecule is C[C@@H]1CN(S(C)(=O)=O)CC[C@@H]1OC(N)=O. The average molecular weight is 236 g/mol. The Labute approximate surface area is 89.4 Å². The number of carbonyl (C=O) groups is 1. The molecule has 0 spiro atoms. The molecule has 0 radical (unpaired) electrons. The minimum absolute atomic E-state index is 0.0269. The van der Waals surface area contributed by atoms with E-state index in [4.69, 9.17) is 10.5 Å². The van der Waals surface area contributed by atoms with Crippen LogP contribution in [0.4, 0.5) is 4.79 Å². The van der Waals surface area contributed by atoms with Crippen molar-refractivity contribution in [1.82, 2.24) is 4.31 Å². The van der Waals surface area contributed by atoms with Gasteiger partial charge in [-0.2, -0.15) is 0 Å². The van der Waals surface area contributed by atoms with E-state index in [1.807, 2.05) is 6.92 Å². The molecule has 0 bridgehead atoms. The van der Waals surface area contributed by atoms with Gasteiger partial charge in [-0.1, -0.05) is 6.92 Å². The maximum atomic E-state index is 11.3. The lowest BCUT2D eigenvalue weighted by molar-refractivity contribution is 0.0390. The lowest BCUT2D eigenvalue weighted by Crippen LogP contribution is -2.46. The monoisotopic (exact) mass is 236 g/mol. The lowest BCUT2D eigenvalue weighted by atomic mass is 9.98. The summed E-state index contributed by atoms with van der Waals surface area (Å²) < 4.78 is 28.8. The van der Waals surface area contributed by atoms with Gasteiger partial charge in [-0.15, -0.1) is 0 Å². The molecule has 15 heavy (non-hydrogen) atoms. The van der Waals surface area contributed by atoms with Crippen LogP contribution in [0.2, 0.25) is 0 Å². The quantitative estimate of drug-likeness (QED) is 0.716. The zero-order chi connectivity index (χ0) is 11.6. The van der Waals surface area contributed by atoms with Gasteiger partial charge in [0.25, 0.3) is 0 Å². The van der Waals surface area contributed by atoms with Crippen molar-refractivity contribution < 1.29 is 17.9 Å². The zero-order valence-corrected chi connectivity index (χ0v) is 9.66. The standard InChI is InChI=1S/C8H16N2O4S/c1-6-5-10(15(2,12)13)4-3-7(6)14-8(9)11/h6-7H,3-5H2,1-2H3,(H2,9,11)/t6-,7+/m1/s1. The fourth-order valence-electron chi connectivity index (χ4n) is 1.71. The summed E-state index contributed by atoms with van der Waals surface area (Å²) in [6.07, 6.45) is 0.590. The van der Waals surface area contributed by atoms with Gasteiger partial charge in [-0.05, 0) is 6.42 Å². The first-order valence-corrected chi connectivity index (χ1v) is 6.56. The molecule has 1 amide bonds. The van der Waals surface area contributed by atoms with Gasteiger partial charge >= 0.3 is 6.09 Å². The predicted molar refractivity (Wildman–Crippen MR) is 54.7 cm³/mol. The van der Waals surface area contributed by atoms with Crippen molar-refractivity contribution in [3.8, 4) is 0 Å². The van der Waals surface area contributed by atoms with E-state index in [1.165, 1.54) is 10.6 Å². The van der Waals surface area contributed by atoms with E-state index < -0.39 is 16.1 Å². The molecule has 1 saturated heterocycles. The molecule has 0 aromatic carbocycles. The van der Waals surface area contributed by atoms with E-state index >= 15 is 0 Å². The normalized spacial score (nSPS) is 28.7. The van der Waals surface area contributed by atoms with Gasteiger partial charge in [-0.3, -0.25) is 0 Å². The Balaban J connectivity index is 2.59. The molecule has 1 aliphatic rings. The third-order valence-corrected chi connectivity index (χ3v) is 3.80. The van der Waals surface area contributed by atoms with Crippen LogP contribution in [0, 0.1) is 5.92 Å². The molecule has 0 aromatic heterocycles. The van der Waals surface area contributed by atoms with Crippen LogP contribution in [0.15, 0.2) is 0 Å². The van der Waals surface area contributed by atoms with Crippen LogP contribution in [-0.4, -0.2) is 44.3 Å². The first-order valence-electron chi connectivity index (χ1n) is 4.72. The van der Waals surface area contributed by atoms with Gasteiger partial charge in [-0.25, -0.2) is 17.5 Å². The molecule has 1 aliphatic heterocycles. The van der Waals surface area contributed by atoms with Crippen LogP contribution in [-0.2, 0) is 14.8 Å². The molecule has 7 heteroatoms. The number of primary amides is 1. The number of sulfonamides is 1. The molecular weight excluding hydrogens is 220 g/mol. The van der Waals surface area contributed by atoms with Crippen LogP contribution in [0.5, 0.6) is 0 Å². The van der Waals surface area contributed by atoms with E-state index in [0.717, 1.165) is 0 Å². The van der Waals surface area contributed by atoms with E-state index in [-0.39, 0.29) is 12.0 Å². The topological polar surface area (TPSA) is 89.7 Å². The Morgan fingerprint density at radius 3 is 2.53 bits per heavy atom. The predicted octanol–water partition coefficient (Wildman–Crippen LogP) is -0.248. The maximum absolute atomic E-state index is 11.3. The number of ether oxygens (including phenoxy) is 1. The van der Waals surface area contributed by atoms with Gasteiger partial charge in [0.05, 0.1) is 6.26 Å². The van der Waals surface area contributed by atoms with E-state index in [2.05, 4.69) is 0 Å². The average Bonchev–Trinajstić information content (AvgIpc) is 2.05. The Kier molecular flexibility index (Phi) is 3.56. The summed E-state index contributed by atoms with van der Waals surface area (Å²) in [5, 5.41) is 0. The minimum atomic E-state index is -3.15. The molecule has 0 aromatic rings. The highest BCUT2D eigenvalue weighted by Gasteiger charge is 2.32. The third-order valence-electron chi connectivity index (χ3n) is 2.53. The molecule has 0 aliphatic carbocycles. The molecular formula is C8H16N2O4S. The number of nitrogens with zero attached hydrogens (tertiary/aromatic N) is 1. The summed E-state index contributed by atoms with van der Waals surface area (Å²) in [5.74, 6) is -0.0269. The van der Waals surface area contributed by atoms with Crippen LogP contribution < -0.4 is 5.73 Å². The van der Waals surface area contributed by atoms with E-state index in [1.54, 1.807) is 0 Å².